The maximum absolute atomic E-state index is 12.9. The molecule has 1 atom stereocenters. The number of thiophene rings is 1. The van der Waals surface area contributed by atoms with E-state index in [0.717, 1.165) is 9.75 Å². The number of rotatable bonds is 5. The van der Waals surface area contributed by atoms with Crippen LogP contribution in [0.5, 0.6) is 0 Å². The number of para-hydroxylation sites is 1. The summed E-state index contributed by atoms with van der Waals surface area (Å²) in [5, 5.41) is 9.67. The normalized spacial score (nSPS) is 13.1. The molecule has 0 aliphatic carbocycles. The first-order valence-corrected chi connectivity index (χ1v) is 8.91. The molecule has 0 bridgehead atoms. The van der Waals surface area contributed by atoms with Crippen LogP contribution < -0.4 is 4.31 Å². The van der Waals surface area contributed by atoms with Gasteiger partial charge in [0.15, 0.2) is 0 Å². The Morgan fingerprint density at radius 1 is 1.24 bits per heavy atom. The molecule has 1 aromatic heterocycles. The van der Waals surface area contributed by atoms with E-state index in [2.05, 4.69) is 0 Å². The molecule has 1 N–H and O–H groups in total. The summed E-state index contributed by atoms with van der Waals surface area (Å²) in [4.78, 5) is 2.03. The zero-order valence-corrected chi connectivity index (χ0v) is 13.9. The number of hydrogen-bond donors (Lipinski definition) is 1. The quantitative estimate of drug-likeness (QED) is 0.919. The molecule has 0 amide bonds. The molecule has 0 aliphatic heterocycles. The SMILES string of the molecule is Cc1cc(S(=O)(=O)N(C[C@H](C)O)c2ccccc2)c(C)s1. The van der Waals surface area contributed by atoms with E-state index >= 15 is 0 Å². The Balaban J connectivity index is 2.52. The lowest BCUT2D eigenvalue weighted by molar-refractivity contribution is 0.204. The molecule has 1 heterocycles. The van der Waals surface area contributed by atoms with E-state index in [4.69, 9.17) is 0 Å². The van der Waals surface area contributed by atoms with Crippen molar-refractivity contribution in [3.63, 3.8) is 0 Å². The number of benzene rings is 1. The van der Waals surface area contributed by atoms with Crippen molar-refractivity contribution in [3.8, 4) is 0 Å². The van der Waals surface area contributed by atoms with Gasteiger partial charge >= 0.3 is 0 Å². The van der Waals surface area contributed by atoms with Gasteiger partial charge in [-0.15, -0.1) is 11.3 Å². The number of aliphatic hydroxyl groups excluding tert-OH is 1. The van der Waals surface area contributed by atoms with Crippen molar-refractivity contribution in [1.82, 2.24) is 0 Å². The van der Waals surface area contributed by atoms with E-state index in [0.29, 0.717) is 10.6 Å². The second-order valence-corrected chi connectivity index (χ2v) is 8.29. The highest BCUT2D eigenvalue weighted by Gasteiger charge is 2.28. The molecule has 21 heavy (non-hydrogen) atoms. The van der Waals surface area contributed by atoms with E-state index in [-0.39, 0.29) is 6.54 Å². The van der Waals surface area contributed by atoms with Crippen LogP contribution in [0, 0.1) is 13.8 Å². The average molecular weight is 325 g/mol. The van der Waals surface area contributed by atoms with E-state index < -0.39 is 16.1 Å². The molecule has 2 rings (SSSR count). The van der Waals surface area contributed by atoms with E-state index in [1.165, 1.54) is 15.6 Å². The third-order valence-electron chi connectivity index (χ3n) is 3.04. The lowest BCUT2D eigenvalue weighted by atomic mass is 10.3. The van der Waals surface area contributed by atoms with Gasteiger partial charge in [0, 0.05) is 9.75 Å². The molecule has 114 valence electrons. The van der Waals surface area contributed by atoms with Crippen molar-refractivity contribution in [2.24, 2.45) is 0 Å². The van der Waals surface area contributed by atoms with Crippen LogP contribution in [-0.2, 0) is 10.0 Å². The molecule has 0 radical (unpaired) electrons. The first kappa shape index (κ1) is 16.0. The Labute approximate surface area is 129 Å². The van der Waals surface area contributed by atoms with Gasteiger partial charge in [0.05, 0.1) is 18.3 Å². The van der Waals surface area contributed by atoms with Gasteiger partial charge in [-0.25, -0.2) is 8.42 Å². The molecule has 2 aromatic rings. The van der Waals surface area contributed by atoms with Crippen molar-refractivity contribution < 1.29 is 13.5 Å². The van der Waals surface area contributed by atoms with E-state index in [1.54, 1.807) is 44.2 Å². The summed E-state index contributed by atoms with van der Waals surface area (Å²) in [7, 11) is -3.68. The van der Waals surface area contributed by atoms with Gasteiger partial charge in [0.25, 0.3) is 10.0 Å². The van der Waals surface area contributed by atoms with Crippen LogP contribution >= 0.6 is 11.3 Å². The Hall–Kier alpha value is -1.37. The van der Waals surface area contributed by atoms with Crippen LogP contribution in [0.2, 0.25) is 0 Å². The van der Waals surface area contributed by atoms with Crippen LogP contribution in [0.15, 0.2) is 41.3 Å². The largest absolute Gasteiger partial charge is 0.392 e. The smallest absolute Gasteiger partial charge is 0.265 e. The Morgan fingerprint density at radius 3 is 2.33 bits per heavy atom. The highest BCUT2D eigenvalue weighted by Crippen LogP contribution is 2.30. The van der Waals surface area contributed by atoms with Crippen molar-refractivity contribution >= 4 is 27.0 Å². The summed E-state index contributed by atoms with van der Waals surface area (Å²) in [6, 6.07) is 10.5. The average Bonchev–Trinajstić information content (AvgIpc) is 2.76. The maximum atomic E-state index is 12.9. The van der Waals surface area contributed by atoms with Crippen LogP contribution in [0.1, 0.15) is 16.7 Å². The van der Waals surface area contributed by atoms with Gasteiger partial charge in [-0.05, 0) is 39.0 Å². The minimum absolute atomic E-state index is 0.0285. The fourth-order valence-corrected chi connectivity index (χ4v) is 5.23. The first-order valence-electron chi connectivity index (χ1n) is 6.65. The summed E-state index contributed by atoms with van der Waals surface area (Å²) in [6.07, 6.45) is -0.750. The highest BCUT2D eigenvalue weighted by atomic mass is 32.2. The third kappa shape index (κ3) is 3.45. The van der Waals surface area contributed by atoms with Crippen LogP contribution in [0.4, 0.5) is 5.69 Å². The topological polar surface area (TPSA) is 57.6 Å². The van der Waals surface area contributed by atoms with Gasteiger partial charge in [0.2, 0.25) is 0 Å². The second-order valence-electron chi connectivity index (χ2n) is 5.00. The molecule has 0 aliphatic rings. The Kier molecular flexibility index (Phi) is 4.70. The lowest BCUT2D eigenvalue weighted by Gasteiger charge is -2.25. The third-order valence-corrected chi connectivity index (χ3v) is 6.05. The number of aliphatic hydroxyl groups is 1. The van der Waals surface area contributed by atoms with Crippen molar-refractivity contribution in [3.05, 3.63) is 46.2 Å². The van der Waals surface area contributed by atoms with Crippen LogP contribution in [0.3, 0.4) is 0 Å². The molecule has 0 spiro atoms. The van der Waals surface area contributed by atoms with Gasteiger partial charge < -0.3 is 5.11 Å². The van der Waals surface area contributed by atoms with Gasteiger partial charge in [-0.1, -0.05) is 18.2 Å². The van der Waals surface area contributed by atoms with Gasteiger partial charge in [0.1, 0.15) is 4.90 Å². The number of anilines is 1. The summed E-state index contributed by atoms with van der Waals surface area (Å²) < 4.78 is 27.1. The molecule has 0 fully saturated rings. The fourth-order valence-electron chi connectivity index (χ4n) is 2.16. The first-order chi connectivity index (χ1) is 9.82. The minimum atomic E-state index is -3.68. The number of sulfonamides is 1. The molecule has 6 heteroatoms. The molecule has 0 saturated carbocycles. The molecular weight excluding hydrogens is 306 g/mol. The molecule has 4 nitrogen and oxygen atoms in total. The fraction of sp³-hybridized carbons (Fsp3) is 0.333. The van der Waals surface area contributed by atoms with Crippen molar-refractivity contribution in [2.75, 3.05) is 10.8 Å². The predicted molar refractivity (Wildman–Crippen MR) is 86.4 cm³/mol. The highest BCUT2D eigenvalue weighted by molar-refractivity contribution is 7.93. The van der Waals surface area contributed by atoms with E-state index in [9.17, 15) is 13.5 Å². The number of hydrogen-bond acceptors (Lipinski definition) is 4. The van der Waals surface area contributed by atoms with Crippen molar-refractivity contribution in [1.29, 1.82) is 0 Å². The Bertz CT molecular complexity index is 706. The maximum Gasteiger partial charge on any atom is 0.265 e. The van der Waals surface area contributed by atoms with Gasteiger partial charge in [-0.2, -0.15) is 0 Å². The van der Waals surface area contributed by atoms with E-state index in [1.807, 2.05) is 13.0 Å². The van der Waals surface area contributed by atoms with Crippen molar-refractivity contribution in [2.45, 2.75) is 31.8 Å². The van der Waals surface area contributed by atoms with Crippen LogP contribution in [0.25, 0.3) is 0 Å². The number of nitrogens with zero attached hydrogens (tertiary/aromatic N) is 1. The second kappa shape index (κ2) is 6.17. The van der Waals surface area contributed by atoms with Gasteiger partial charge in [-0.3, -0.25) is 4.31 Å². The monoisotopic (exact) mass is 325 g/mol. The minimum Gasteiger partial charge on any atom is -0.392 e. The molecule has 0 unspecified atom stereocenters. The Morgan fingerprint density at radius 2 is 1.86 bits per heavy atom. The summed E-state index contributed by atoms with van der Waals surface area (Å²) >= 11 is 1.46. The standard InChI is InChI=1S/C15H19NO3S2/c1-11(17)10-16(14-7-5-4-6-8-14)21(18,19)15-9-12(2)20-13(15)3/h4-9,11,17H,10H2,1-3H3/t11-/m0/s1. The number of aryl methyl sites for hydroxylation is 2. The molecule has 1 aromatic carbocycles. The zero-order chi connectivity index (χ0) is 15.6. The molecule has 0 saturated heterocycles. The summed E-state index contributed by atoms with van der Waals surface area (Å²) in [5.74, 6) is 0. The molecular formula is C15H19NO3S2. The summed E-state index contributed by atoms with van der Waals surface area (Å²) in [6.45, 7) is 5.30. The van der Waals surface area contributed by atoms with Crippen LogP contribution in [-0.4, -0.2) is 26.2 Å². The predicted octanol–water partition coefficient (Wildman–Crippen LogP) is 2.94. The lowest BCUT2D eigenvalue weighted by Crippen LogP contribution is -2.36. The summed E-state index contributed by atoms with van der Waals surface area (Å²) in [5.41, 5.74) is 0.557. The zero-order valence-electron chi connectivity index (χ0n) is 12.3.